The molecule has 27 heavy (non-hydrogen) atoms. The van der Waals surface area contributed by atoms with E-state index in [4.69, 9.17) is 4.84 Å². The molecule has 1 saturated heterocycles. The lowest BCUT2D eigenvalue weighted by molar-refractivity contribution is -0.0872. The molecule has 144 valence electrons. The van der Waals surface area contributed by atoms with E-state index < -0.39 is 11.3 Å². The largest absolute Gasteiger partial charge is 0.386 e. The van der Waals surface area contributed by atoms with Crippen LogP contribution in [0.15, 0.2) is 60.7 Å². The molecule has 4 atom stereocenters. The van der Waals surface area contributed by atoms with Crippen molar-refractivity contribution in [2.75, 3.05) is 0 Å². The molecular formula is C24H31NO2. The van der Waals surface area contributed by atoms with Crippen molar-refractivity contribution in [3.05, 3.63) is 71.8 Å². The standard InChI is InChI=1S/C24H31NO2/c1-22(2,3)20-15-16-24(23(4,26)17-20)25(27-24)21(18-11-7-5-8-12-18)19-13-9-6-10-14-19/h5-14,20-21,26H,15-17H2,1-4H3/t20-,23+,24-,25?/m1/s1. The van der Waals surface area contributed by atoms with E-state index in [2.05, 4.69) is 74.4 Å². The minimum Gasteiger partial charge on any atom is -0.386 e. The third-order valence-electron chi connectivity index (χ3n) is 6.58. The maximum Gasteiger partial charge on any atom is 0.194 e. The van der Waals surface area contributed by atoms with E-state index in [0.29, 0.717) is 5.92 Å². The molecule has 1 saturated carbocycles. The second-order valence-electron chi connectivity index (χ2n) is 9.50. The Bertz CT molecular complexity index is 742. The van der Waals surface area contributed by atoms with Crippen molar-refractivity contribution in [2.24, 2.45) is 11.3 Å². The van der Waals surface area contributed by atoms with Crippen LogP contribution < -0.4 is 0 Å². The first-order valence-corrected chi connectivity index (χ1v) is 10.1. The van der Waals surface area contributed by atoms with Gasteiger partial charge in [0, 0.05) is 0 Å². The minimum absolute atomic E-state index is 0.00920. The first kappa shape index (κ1) is 18.7. The zero-order chi connectivity index (χ0) is 19.3. The fourth-order valence-electron chi connectivity index (χ4n) is 4.75. The van der Waals surface area contributed by atoms with Gasteiger partial charge in [0.2, 0.25) is 0 Å². The second-order valence-corrected chi connectivity index (χ2v) is 9.50. The SMILES string of the molecule is CC(C)(C)[C@@H]1CC[C@@]2(ON2C(c2ccccc2)c2ccccc2)[C@@](C)(O)C1. The summed E-state index contributed by atoms with van der Waals surface area (Å²) in [5.41, 5.74) is 1.11. The molecule has 0 amide bonds. The normalized spacial score (nSPS) is 33.4. The van der Waals surface area contributed by atoms with Crippen LogP contribution in [-0.2, 0) is 4.84 Å². The summed E-state index contributed by atoms with van der Waals surface area (Å²) in [6.45, 7) is 8.77. The third-order valence-corrected chi connectivity index (χ3v) is 6.58. The minimum atomic E-state index is -0.870. The molecule has 1 aliphatic carbocycles. The topological polar surface area (TPSA) is 35.8 Å². The van der Waals surface area contributed by atoms with E-state index in [0.717, 1.165) is 19.3 Å². The van der Waals surface area contributed by atoms with Gasteiger partial charge in [0.15, 0.2) is 5.72 Å². The lowest BCUT2D eigenvalue weighted by Crippen LogP contribution is -2.52. The van der Waals surface area contributed by atoms with Crippen LogP contribution >= 0.6 is 0 Å². The summed E-state index contributed by atoms with van der Waals surface area (Å²) in [7, 11) is 0. The van der Waals surface area contributed by atoms with E-state index in [1.54, 1.807) is 0 Å². The Morgan fingerprint density at radius 1 is 1.00 bits per heavy atom. The highest BCUT2D eigenvalue weighted by molar-refractivity contribution is 5.33. The second kappa shape index (κ2) is 6.44. The molecule has 3 nitrogen and oxygen atoms in total. The molecule has 1 unspecified atom stereocenters. The lowest BCUT2D eigenvalue weighted by atomic mass is 9.65. The predicted octanol–water partition coefficient (Wildman–Crippen LogP) is 5.32. The van der Waals surface area contributed by atoms with E-state index in [-0.39, 0.29) is 11.5 Å². The predicted molar refractivity (Wildman–Crippen MR) is 108 cm³/mol. The van der Waals surface area contributed by atoms with Crippen LogP contribution in [0.3, 0.4) is 0 Å². The maximum absolute atomic E-state index is 11.4. The molecule has 0 aromatic heterocycles. The molecule has 3 heteroatoms. The van der Waals surface area contributed by atoms with Crippen molar-refractivity contribution in [3.63, 3.8) is 0 Å². The molecule has 2 aliphatic rings. The Kier molecular flexibility index (Phi) is 4.45. The fourth-order valence-corrected chi connectivity index (χ4v) is 4.75. The van der Waals surface area contributed by atoms with Crippen LogP contribution in [0.4, 0.5) is 0 Å². The summed E-state index contributed by atoms with van der Waals surface area (Å²) in [6, 6.07) is 20.9. The van der Waals surface area contributed by atoms with Gasteiger partial charge in [-0.2, -0.15) is 0 Å². The van der Waals surface area contributed by atoms with Crippen molar-refractivity contribution in [1.29, 1.82) is 0 Å². The molecule has 2 aromatic carbocycles. The van der Waals surface area contributed by atoms with Gasteiger partial charge < -0.3 is 5.11 Å². The van der Waals surface area contributed by atoms with E-state index >= 15 is 0 Å². The van der Waals surface area contributed by atoms with Crippen molar-refractivity contribution in [1.82, 2.24) is 5.06 Å². The maximum atomic E-state index is 11.4. The van der Waals surface area contributed by atoms with Crippen molar-refractivity contribution in [3.8, 4) is 0 Å². The molecule has 1 N–H and O–H groups in total. The van der Waals surface area contributed by atoms with Crippen molar-refractivity contribution < 1.29 is 9.94 Å². The Hall–Kier alpha value is -1.68. The number of hydroxylamine groups is 2. The van der Waals surface area contributed by atoms with Crippen LogP contribution in [0.5, 0.6) is 0 Å². The average Bonchev–Trinajstić information content (AvgIpc) is 3.34. The Balaban J connectivity index is 1.67. The molecule has 2 fully saturated rings. The van der Waals surface area contributed by atoms with Gasteiger partial charge >= 0.3 is 0 Å². The van der Waals surface area contributed by atoms with Crippen LogP contribution in [0.25, 0.3) is 0 Å². The van der Waals surface area contributed by atoms with Crippen molar-refractivity contribution >= 4 is 0 Å². The monoisotopic (exact) mass is 365 g/mol. The van der Waals surface area contributed by atoms with Gasteiger partial charge in [-0.05, 0) is 48.6 Å². The van der Waals surface area contributed by atoms with Gasteiger partial charge in [-0.15, -0.1) is 5.06 Å². The van der Waals surface area contributed by atoms with Gasteiger partial charge in [0.1, 0.15) is 5.60 Å². The summed E-state index contributed by atoms with van der Waals surface area (Å²) in [4.78, 5) is 6.28. The Labute approximate surface area is 162 Å². The third kappa shape index (κ3) is 3.22. The summed E-state index contributed by atoms with van der Waals surface area (Å²) in [5.74, 6) is 0.496. The average molecular weight is 366 g/mol. The Morgan fingerprint density at radius 3 is 1.96 bits per heavy atom. The molecule has 0 bridgehead atoms. The number of rotatable bonds is 3. The lowest BCUT2D eigenvalue weighted by Gasteiger charge is -2.44. The van der Waals surface area contributed by atoms with E-state index in [9.17, 15) is 5.11 Å². The number of hydrogen-bond donors (Lipinski definition) is 1. The van der Waals surface area contributed by atoms with Gasteiger partial charge in [0.25, 0.3) is 0 Å². The van der Waals surface area contributed by atoms with Crippen LogP contribution in [0.1, 0.15) is 64.1 Å². The molecule has 1 spiro atoms. The quantitative estimate of drug-likeness (QED) is 0.748. The van der Waals surface area contributed by atoms with Crippen LogP contribution in [0, 0.1) is 11.3 Å². The highest BCUT2D eigenvalue weighted by atomic mass is 16.9. The number of nitrogens with zero attached hydrogens (tertiary/aromatic N) is 1. The molecule has 4 rings (SSSR count). The van der Waals surface area contributed by atoms with Crippen LogP contribution in [0.2, 0.25) is 0 Å². The molecule has 1 heterocycles. The number of benzene rings is 2. The smallest absolute Gasteiger partial charge is 0.194 e. The highest BCUT2D eigenvalue weighted by Crippen LogP contribution is 2.60. The molecule has 0 radical (unpaired) electrons. The summed E-state index contributed by atoms with van der Waals surface area (Å²) >= 11 is 0. The van der Waals surface area contributed by atoms with Gasteiger partial charge in [-0.25, -0.2) is 0 Å². The van der Waals surface area contributed by atoms with Gasteiger partial charge in [-0.3, -0.25) is 4.84 Å². The zero-order valence-electron chi connectivity index (χ0n) is 16.9. The molecular weight excluding hydrogens is 334 g/mol. The zero-order valence-corrected chi connectivity index (χ0v) is 16.9. The van der Waals surface area contributed by atoms with Gasteiger partial charge in [-0.1, -0.05) is 81.4 Å². The fraction of sp³-hybridized carbons (Fsp3) is 0.500. The van der Waals surface area contributed by atoms with E-state index in [1.165, 1.54) is 11.1 Å². The van der Waals surface area contributed by atoms with Crippen LogP contribution in [-0.4, -0.2) is 21.5 Å². The summed E-state index contributed by atoms with van der Waals surface area (Å²) in [6.07, 6.45) is 2.70. The Morgan fingerprint density at radius 2 is 1.52 bits per heavy atom. The first-order chi connectivity index (χ1) is 12.7. The first-order valence-electron chi connectivity index (χ1n) is 10.1. The number of aliphatic hydroxyl groups is 1. The summed E-state index contributed by atoms with van der Waals surface area (Å²) < 4.78 is 0. The van der Waals surface area contributed by atoms with Crippen molar-refractivity contribution in [2.45, 2.75) is 64.3 Å². The molecule has 2 aromatic rings. The van der Waals surface area contributed by atoms with E-state index in [1.807, 2.05) is 19.1 Å². The highest BCUT2D eigenvalue weighted by Gasteiger charge is 2.70. The van der Waals surface area contributed by atoms with Gasteiger partial charge in [0.05, 0.1) is 6.04 Å². The summed E-state index contributed by atoms with van der Waals surface area (Å²) in [5, 5.41) is 13.5. The molecule has 1 aliphatic heterocycles. The number of hydrogen-bond acceptors (Lipinski definition) is 3.